The highest BCUT2D eigenvalue weighted by Crippen LogP contribution is 2.67. The van der Waals surface area contributed by atoms with Gasteiger partial charge in [0.25, 0.3) is 0 Å². The molecule has 4 atom stereocenters. The number of nitriles is 3. The first-order valence-electron chi connectivity index (χ1n) is 7.83. The lowest BCUT2D eigenvalue weighted by atomic mass is 9.53. The van der Waals surface area contributed by atoms with Crippen molar-refractivity contribution in [1.29, 1.82) is 21.2 Å². The van der Waals surface area contributed by atoms with Gasteiger partial charge in [0.2, 0.25) is 17.1 Å². The SMILES string of the molecule is CCC12OC(=N)C(C#N)(C1C)C(C#N)(C#N)C(c1ccccc1F)O2. The average Bonchev–Trinajstić information content (AvgIpc) is 2.78. The summed E-state index contributed by atoms with van der Waals surface area (Å²) in [5, 5.41) is 37.9. The average molecular weight is 338 g/mol. The molecule has 1 aromatic rings. The van der Waals surface area contributed by atoms with Crippen molar-refractivity contribution in [1.82, 2.24) is 0 Å². The van der Waals surface area contributed by atoms with Crippen LogP contribution in [0.4, 0.5) is 4.39 Å². The van der Waals surface area contributed by atoms with Gasteiger partial charge in [0.15, 0.2) is 5.41 Å². The van der Waals surface area contributed by atoms with E-state index in [0.717, 1.165) is 0 Å². The number of nitrogens with zero attached hydrogens (tertiary/aromatic N) is 3. The zero-order valence-corrected chi connectivity index (χ0v) is 13.7. The van der Waals surface area contributed by atoms with E-state index in [0.29, 0.717) is 0 Å². The molecule has 0 radical (unpaired) electrons. The Morgan fingerprint density at radius 2 is 1.84 bits per heavy atom. The van der Waals surface area contributed by atoms with Crippen molar-refractivity contribution < 1.29 is 13.9 Å². The normalized spacial score (nSPS) is 35.1. The van der Waals surface area contributed by atoms with Crippen LogP contribution in [0.5, 0.6) is 0 Å². The number of hydrogen-bond donors (Lipinski definition) is 1. The summed E-state index contributed by atoms with van der Waals surface area (Å²) in [6, 6.07) is 11.4. The van der Waals surface area contributed by atoms with Crippen LogP contribution in [0, 0.1) is 62.0 Å². The van der Waals surface area contributed by atoms with E-state index in [9.17, 15) is 20.2 Å². The van der Waals surface area contributed by atoms with Crippen molar-refractivity contribution >= 4 is 5.90 Å². The maximum absolute atomic E-state index is 14.4. The number of nitrogens with one attached hydrogen (secondary N) is 1. The minimum atomic E-state index is -2.12. The number of hydrogen-bond acceptors (Lipinski definition) is 6. The molecule has 0 spiro atoms. The Morgan fingerprint density at radius 1 is 1.20 bits per heavy atom. The smallest absolute Gasteiger partial charge is 0.217 e. The second kappa shape index (κ2) is 5.28. The van der Waals surface area contributed by atoms with E-state index in [1.807, 2.05) is 18.2 Å². The molecule has 2 bridgehead atoms. The van der Waals surface area contributed by atoms with Gasteiger partial charge in [0.05, 0.1) is 24.1 Å². The molecule has 0 saturated carbocycles. The van der Waals surface area contributed by atoms with Crippen LogP contribution in [-0.4, -0.2) is 11.7 Å². The fourth-order valence-electron chi connectivity index (χ4n) is 4.01. The van der Waals surface area contributed by atoms with Gasteiger partial charge in [-0.2, -0.15) is 15.8 Å². The molecule has 2 aliphatic rings. The van der Waals surface area contributed by atoms with E-state index in [2.05, 4.69) is 0 Å². The third-order valence-corrected chi connectivity index (χ3v) is 5.48. The minimum Gasteiger partial charge on any atom is -0.447 e. The summed E-state index contributed by atoms with van der Waals surface area (Å²) in [4.78, 5) is 0. The van der Waals surface area contributed by atoms with E-state index in [4.69, 9.17) is 14.9 Å². The van der Waals surface area contributed by atoms with Crippen molar-refractivity contribution in [2.75, 3.05) is 0 Å². The first kappa shape index (κ1) is 16.9. The Labute approximate surface area is 144 Å². The molecule has 0 aliphatic carbocycles. The third-order valence-electron chi connectivity index (χ3n) is 5.48. The molecule has 2 saturated heterocycles. The first-order chi connectivity index (χ1) is 11.9. The number of fused-ring (bicyclic) bond motifs is 2. The highest BCUT2D eigenvalue weighted by Gasteiger charge is 2.79. The van der Waals surface area contributed by atoms with E-state index < -0.39 is 40.4 Å². The van der Waals surface area contributed by atoms with Gasteiger partial charge in [-0.25, -0.2) is 4.39 Å². The Balaban J connectivity index is 2.37. The molecule has 6 nitrogen and oxygen atoms in total. The molecule has 4 unspecified atom stereocenters. The van der Waals surface area contributed by atoms with Crippen molar-refractivity contribution in [2.45, 2.75) is 32.2 Å². The maximum atomic E-state index is 14.4. The zero-order valence-electron chi connectivity index (χ0n) is 13.7. The van der Waals surface area contributed by atoms with Gasteiger partial charge in [-0.3, -0.25) is 5.41 Å². The second-order valence-electron chi connectivity index (χ2n) is 6.29. The molecular weight excluding hydrogens is 323 g/mol. The van der Waals surface area contributed by atoms with E-state index in [1.54, 1.807) is 19.9 Å². The summed E-state index contributed by atoms with van der Waals surface area (Å²) in [5.41, 5.74) is -3.97. The van der Waals surface area contributed by atoms with Crippen LogP contribution in [0.1, 0.15) is 31.9 Å². The number of halogens is 1. The van der Waals surface area contributed by atoms with Crippen molar-refractivity contribution in [3.05, 3.63) is 35.6 Å². The van der Waals surface area contributed by atoms with Crippen LogP contribution in [0.25, 0.3) is 0 Å². The fraction of sp³-hybridized carbons (Fsp3) is 0.444. The first-order valence-corrected chi connectivity index (χ1v) is 7.83. The van der Waals surface area contributed by atoms with Crippen LogP contribution in [0.3, 0.4) is 0 Å². The van der Waals surface area contributed by atoms with Gasteiger partial charge >= 0.3 is 0 Å². The molecule has 126 valence electrons. The summed E-state index contributed by atoms with van der Waals surface area (Å²) in [7, 11) is 0. The molecule has 25 heavy (non-hydrogen) atoms. The van der Waals surface area contributed by atoms with Gasteiger partial charge < -0.3 is 9.47 Å². The Bertz CT molecular complexity index is 866. The van der Waals surface area contributed by atoms with Crippen molar-refractivity contribution in [3.63, 3.8) is 0 Å². The molecule has 3 rings (SSSR count). The summed E-state index contributed by atoms with van der Waals surface area (Å²) < 4.78 is 26.0. The molecule has 1 N–H and O–H groups in total. The Kier molecular flexibility index (Phi) is 3.56. The molecule has 2 heterocycles. The summed E-state index contributed by atoms with van der Waals surface area (Å²) in [6.45, 7) is 3.37. The van der Waals surface area contributed by atoms with Gasteiger partial charge in [-0.05, 0) is 6.07 Å². The lowest BCUT2D eigenvalue weighted by Gasteiger charge is -2.48. The second-order valence-corrected chi connectivity index (χ2v) is 6.29. The minimum absolute atomic E-state index is 0.00625. The largest absolute Gasteiger partial charge is 0.447 e. The van der Waals surface area contributed by atoms with Crippen LogP contribution >= 0.6 is 0 Å². The van der Waals surface area contributed by atoms with Gasteiger partial charge in [-0.15, -0.1) is 0 Å². The molecule has 7 heteroatoms. The lowest BCUT2D eigenvalue weighted by molar-refractivity contribution is -0.280. The summed E-state index contributed by atoms with van der Waals surface area (Å²) >= 11 is 0. The fourth-order valence-corrected chi connectivity index (χ4v) is 4.01. The standard InChI is InChI=1S/C18H15FN4O2/c1-3-18-11(2)17(10-22,15(23)25-18)16(8-20,9-21)14(24-18)12-6-4-5-7-13(12)19/h4-7,11,14,23H,3H2,1-2H3. The number of ether oxygens (including phenoxy) is 2. The number of rotatable bonds is 2. The van der Waals surface area contributed by atoms with E-state index in [-0.39, 0.29) is 12.0 Å². The zero-order chi connectivity index (χ0) is 18.5. The number of benzene rings is 1. The van der Waals surface area contributed by atoms with Crippen LogP contribution < -0.4 is 0 Å². The molecule has 2 fully saturated rings. The molecule has 1 aromatic carbocycles. The highest BCUT2D eigenvalue weighted by molar-refractivity contribution is 5.89. The van der Waals surface area contributed by atoms with Crippen molar-refractivity contribution in [2.24, 2.45) is 16.7 Å². The van der Waals surface area contributed by atoms with Crippen LogP contribution in [0.15, 0.2) is 24.3 Å². The molecule has 0 aromatic heterocycles. The Morgan fingerprint density at radius 3 is 2.36 bits per heavy atom. The predicted molar refractivity (Wildman–Crippen MR) is 82.9 cm³/mol. The lowest BCUT2D eigenvalue weighted by Crippen LogP contribution is -2.58. The van der Waals surface area contributed by atoms with E-state index >= 15 is 0 Å². The predicted octanol–water partition coefficient (Wildman–Crippen LogP) is 3.19. The van der Waals surface area contributed by atoms with Crippen molar-refractivity contribution in [3.8, 4) is 18.2 Å². The molecular formula is C18H15FN4O2. The summed E-state index contributed by atoms with van der Waals surface area (Å²) in [5.74, 6) is -3.24. The highest BCUT2D eigenvalue weighted by atomic mass is 19.1. The van der Waals surface area contributed by atoms with Gasteiger partial charge in [0.1, 0.15) is 11.9 Å². The van der Waals surface area contributed by atoms with E-state index in [1.165, 1.54) is 18.2 Å². The van der Waals surface area contributed by atoms with Gasteiger partial charge in [0, 0.05) is 12.0 Å². The van der Waals surface area contributed by atoms with Gasteiger partial charge in [-0.1, -0.05) is 32.0 Å². The third kappa shape index (κ3) is 1.70. The van der Waals surface area contributed by atoms with Crippen LogP contribution in [0.2, 0.25) is 0 Å². The monoisotopic (exact) mass is 338 g/mol. The quantitative estimate of drug-likeness (QED) is 0.889. The topological polar surface area (TPSA) is 114 Å². The Hall–Kier alpha value is -2.95. The van der Waals surface area contributed by atoms with Crippen LogP contribution in [-0.2, 0) is 9.47 Å². The maximum Gasteiger partial charge on any atom is 0.217 e. The molecule has 0 amide bonds. The molecule has 2 aliphatic heterocycles. The summed E-state index contributed by atoms with van der Waals surface area (Å²) in [6.07, 6.45) is -1.08.